The van der Waals surface area contributed by atoms with Gasteiger partial charge in [0, 0.05) is 29.7 Å². The van der Waals surface area contributed by atoms with E-state index in [2.05, 4.69) is 49.3 Å². The van der Waals surface area contributed by atoms with E-state index < -0.39 is 0 Å². The third-order valence-corrected chi connectivity index (χ3v) is 6.28. The van der Waals surface area contributed by atoms with E-state index in [0.29, 0.717) is 45.4 Å². The van der Waals surface area contributed by atoms with Crippen molar-refractivity contribution in [2.75, 3.05) is 23.7 Å². The predicted molar refractivity (Wildman–Crippen MR) is 150 cm³/mol. The van der Waals surface area contributed by atoms with Crippen molar-refractivity contribution in [1.29, 1.82) is 0 Å². The molecular formula is C29H25ClN6O2. The number of hydrogen-bond acceptors (Lipinski definition) is 7. The lowest BCUT2D eigenvalue weighted by molar-refractivity contribution is -0.111. The number of nitrogens with zero attached hydrogens (tertiary/aromatic N) is 3. The maximum Gasteiger partial charge on any atom is 0.247 e. The predicted octanol–water partition coefficient (Wildman–Crippen LogP) is 5.09. The summed E-state index contributed by atoms with van der Waals surface area (Å²) in [5.74, 6) is 7.58. The maximum absolute atomic E-state index is 12.2. The van der Waals surface area contributed by atoms with Crippen LogP contribution in [-0.4, -0.2) is 33.9 Å². The number of benzene rings is 2. The lowest BCUT2D eigenvalue weighted by Crippen LogP contribution is -2.09. The van der Waals surface area contributed by atoms with Crippen molar-refractivity contribution in [1.82, 2.24) is 20.3 Å². The zero-order valence-corrected chi connectivity index (χ0v) is 21.3. The highest BCUT2D eigenvalue weighted by Crippen LogP contribution is 2.32. The highest BCUT2D eigenvalue weighted by atomic mass is 35.5. The van der Waals surface area contributed by atoms with E-state index in [4.69, 9.17) is 16.3 Å². The molecule has 1 amide bonds. The molecule has 1 aliphatic heterocycles. The van der Waals surface area contributed by atoms with Gasteiger partial charge in [0.25, 0.3) is 0 Å². The van der Waals surface area contributed by atoms with E-state index in [1.54, 1.807) is 18.3 Å². The summed E-state index contributed by atoms with van der Waals surface area (Å²) in [4.78, 5) is 25.3. The van der Waals surface area contributed by atoms with Crippen LogP contribution in [0.5, 0.6) is 5.75 Å². The van der Waals surface area contributed by atoms with Gasteiger partial charge in [0.2, 0.25) is 5.91 Å². The Labute approximate surface area is 225 Å². The summed E-state index contributed by atoms with van der Waals surface area (Å²) in [5.41, 5.74) is 3.46. The fraction of sp³-hybridized carbons (Fsp3) is 0.172. The standard InChI is InChI=1S/C29H25ClN6O2/c1-2-28(37)36-25-15-23-26(13-20(25)7-6-19-10-12-31-16-19)33-18-34-29(23)35-21-8-9-27(24(30)14-21)38-17-22-5-3-4-11-32-22/h2-5,8-9,11,13-15,18-19,31H,1,10,12,16-17H2,(H,36,37)(H,33,34,35)/t19-/m0/s1. The van der Waals surface area contributed by atoms with E-state index in [1.165, 1.54) is 12.4 Å². The first-order valence-electron chi connectivity index (χ1n) is 12.1. The minimum atomic E-state index is -0.325. The molecule has 2 aromatic carbocycles. The van der Waals surface area contributed by atoms with E-state index in [9.17, 15) is 4.79 Å². The number of pyridine rings is 1. The second-order valence-electron chi connectivity index (χ2n) is 8.67. The average molecular weight is 525 g/mol. The molecule has 0 radical (unpaired) electrons. The van der Waals surface area contributed by atoms with Crippen molar-refractivity contribution in [3.8, 4) is 17.6 Å². The van der Waals surface area contributed by atoms with Gasteiger partial charge in [0.15, 0.2) is 0 Å². The number of hydrogen-bond donors (Lipinski definition) is 3. The second kappa shape index (κ2) is 11.7. The first kappa shape index (κ1) is 25.2. The van der Waals surface area contributed by atoms with Gasteiger partial charge in [-0.15, -0.1) is 0 Å². The Morgan fingerprint density at radius 3 is 2.89 bits per heavy atom. The Balaban J connectivity index is 1.41. The molecule has 0 spiro atoms. The highest BCUT2D eigenvalue weighted by Gasteiger charge is 2.14. The van der Waals surface area contributed by atoms with Crippen LogP contribution in [0.3, 0.4) is 0 Å². The number of aromatic nitrogens is 3. The molecule has 38 heavy (non-hydrogen) atoms. The van der Waals surface area contributed by atoms with Crippen LogP contribution in [-0.2, 0) is 11.4 Å². The van der Waals surface area contributed by atoms with Crippen molar-refractivity contribution in [2.24, 2.45) is 5.92 Å². The lowest BCUT2D eigenvalue weighted by Gasteiger charge is -2.13. The zero-order chi connectivity index (χ0) is 26.3. The number of carbonyl (C=O) groups excluding carboxylic acids is 1. The number of amides is 1. The van der Waals surface area contributed by atoms with Gasteiger partial charge >= 0.3 is 0 Å². The number of ether oxygens (including phenoxy) is 1. The van der Waals surface area contributed by atoms with Crippen LogP contribution in [0.4, 0.5) is 17.2 Å². The number of halogens is 1. The Morgan fingerprint density at radius 2 is 2.13 bits per heavy atom. The molecule has 1 atom stereocenters. The molecule has 0 bridgehead atoms. The Bertz CT molecular complexity index is 1540. The van der Waals surface area contributed by atoms with Gasteiger partial charge in [-0.3, -0.25) is 9.78 Å². The van der Waals surface area contributed by atoms with Gasteiger partial charge in [-0.05, 0) is 61.5 Å². The Kier molecular flexibility index (Phi) is 7.78. The Morgan fingerprint density at radius 1 is 1.21 bits per heavy atom. The third-order valence-electron chi connectivity index (χ3n) is 5.99. The molecule has 0 aliphatic carbocycles. The van der Waals surface area contributed by atoms with Gasteiger partial charge in [-0.1, -0.05) is 36.1 Å². The van der Waals surface area contributed by atoms with Crippen LogP contribution in [0.15, 0.2) is 73.7 Å². The maximum atomic E-state index is 12.2. The SMILES string of the molecule is C=CC(=O)Nc1cc2c(Nc3ccc(OCc4ccccn4)c(Cl)c3)ncnc2cc1C#C[C@H]1CCNC1. The molecule has 0 saturated carbocycles. The summed E-state index contributed by atoms with van der Waals surface area (Å²) in [6.45, 7) is 5.69. The van der Waals surface area contributed by atoms with Gasteiger partial charge in [0.05, 0.1) is 27.5 Å². The van der Waals surface area contributed by atoms with E-state index in [0.717, 1.165) is 30.9 Å². The molecule has 1 aliphatic rings. The quantitative estimate of drug-likeness (QED) is 0.229. The van der Waals surface area contributed by atoms with Crippen LogP contribution >= 0.6 is 11.6 Å². The molecule has 5 rings (SSSR count). The Hall–Kier alpha value is -4.45. The van der Waals surface area contributed by atoms with Crippen LogP contribution in [0.1, 0.15) is 17.7 Å². The molecule has 9 heteroatoms. The molecular weight excluding hydrogens is 500 g/mol. The van der Waals surface area contributed by atoms with Crippen molar-refractivity contribution in [3.63, 3.8) is 0 Å². The molecule has 2 aromatic heterocycles. The highest BCUT2D eigenvalue weighted by molar-refractivity contribution is 6.32. The van der Waals surface area contributed by atoms with Gasteiger partial charge in [0.1, 0.15) is 24.5 Å². The molecule has 8 nitrogen and oxygen atoms in total. The number of anilines is 3. The summed E-state index contributed by atoms with van der Waals surface area (Å²) in [5, 5.41) is 10.6. The van der Waals surface area contributed by atoms with Crippen LogP contribution < -0.4 is 20.7 Å². The van der Waals surface area contributed by atoms with Crippen LogP contribution in [0.25, 0.3) is 10.9 Å². The summed E-state index contributed by atoms with van der Waals surface area (Å²) in [7, 11) is 0. The van der Waals surface area contributed by atoms with Gasteiger partial charge in [-0.2, -0.15) is 0 Å². The number of nitrogens with one attached hydrogen (secondary N) is 3. The first-order valence-corrected chi connectivity index (χ1v) is 12.5. The van der Waals surface area contributed by atoms with Crippen molar-refractivity contribution in [3.05, 3.63) is 90.0 Å². The largest absolute Gasteiger partial charge is 0.486 e. The smallest absolute Gasteiger partial charge is 0.247 e. The fourth-order valence-electron chi connectivity index (χ4n) is 4.02. The number of carbonyl (C=O) groups is 1. The summed E-state index contributed by atoms with van der Waals surface area (Å²) < 4.78 is 5.82. The van der Waals surface area contributed by atoms with Crippen molar-refractivity contribution < 1.29 is 9.53 Å². The third kappa shape index (κ3) is 6.09. The summed E-state index contributed by atoms with van der Waals surface area (Å²) in [6.07, 6.45) is 5.43. The molecule has 1 fully saturated rings. The zero-order valence-electron chi connectivity index (χ0n) is 20.5. The van der Waals surface area contributed by atoms with Crippen molar-refractivity contribution >= 4 is 45.6 Å². The summed E-state index contributed by atoms with van der Waals surface area (Å²) in [6, 6.07) is 14.7. The monoisotopic (exact) mass is 524 g/mol. The van der Waals surface area contributed by atoms with E-state index in [1.807, 2.05) is 36.4 Å². The molecule has 1 saturated heterocycles. The fourth-order valence-corrected chi connectivity index (χ4v) is 4.25. The first-order chi connectivity index (χ1) is 18.6. The van der Waals surface area contributed by atoms with Gasteiger partial charge < -0.3 is 20.7 Å². The van der Waals surface area contributed by atoms with Crippen molar-refractivity contribution in [2.45, 2.75) is 13.0 Å². The summed E-state index contributed by atoms with van der Waals surface area (Å²) >= 11 is 6.49. The molecule has 190 valence electrons. The second-order valence-corrected chi connectivity index (χ2v) is 9.08. The number of rotatable bonds is 7. The van der Waals surface area contributed by atoms with E-state index >= 15 is 0 Å². The van der Waals surface area contributed by atoms with E-state index in [-0.39, 0.29) is 11.8 Å². The minimum absolute atomic E-state index is 0.275. The molecule has 3 N–H and O–H groups in total. The minimum Gasteiger partial charge on any atom is -0.486 e. The van der Waals surface area contributed by atoms with Gasteiger partial charge in [-0.25, -0.2) is 9.97 Å². The molecule has 4 aromatic rings. The van der Waals surface area contributed by atoms with Crippen LogP contribution in [0.2, 0.25) is 5.02 Å². The molecule has 3 heterocycles. The lowest BCUT2D eigenvalue weighted by atomic mass is 10.1. The molecule has 0 unspecified atom stereocenters. The van der Waals surface area contributed by atoms with Crippen LogP contribution in [0, 0.1) is 17.8 Å². The normalized spacial score (nSPS) is 14.4. The average Bonchev–Trinajstić information content (AvgIpc) is 3.46. The number of fused-ring (bicyclic) bond motifs is 1. The topological polar surface area (TPSA) is 101 Å².